The molecule has 48 heavy (non-hydrogen) atoms. The van der Waals surface area contributed by atoms with Gasteiger partial charge in [-0.2, -0.15) is 0 Å². The van der Waals surface area contributed by atoms with Crippen LogP contribution in [-0.2, 0) is 28.8 Å². The summed E-state index contributed by atoms with van der Waals surface area (Å²) >= 11 is 0. The van der Waals surface area contributed by atoms with Crippen LogP contribution in [0, 0.1) is 5.41 Å². The van der Waals surface area contributed by atoms with Crippen molar-refractivity contribution in [2.45, 2.75) is 33.2 Å². The highest BCUT2D eigenvalue weighted by molar-refractivity contribution is 6.01. The van der Waals surface area contributed by atoms with Gasteiger partial charge in [-0.15, -0.1) is 0 Å². The van der Waals surface area contributed by atoms with Crippen molar-refractivity contribution in [3.63, 3.8) is 0 Å². The number of carboxylic acids is 4. The highest BCUT2D eigenvalue weighted by atomic mass is 16.4. The maximum atomic E-state index is 13.2. The van der Waals surface area contributed by atoms with Crippen LogP contribution in [0.15, 0.2) is 24.3 Å². The zero-order valence-corrected chi connectivity index (χ0v) is 27.5. The number of hydrogen-bond acceptors (Lipinski definition) is 11. The lowest BCUT2D eigenvalue weighted by molar-refractivity contribution is -0.141. The van der Waals surface area contributed by atoms with Crippen molar-refractivity contribution in [2.75, 3.05) is 83.9 Å². The number of nitrogens with one attached hydrogen (secondary N) is 2. The van der Waals surface area contributed by atoms with Crippen molar-refractivity contribution in [3.8, 4) is 0 Å². The molecule has 1 aromatic carbocycles. The number of aliphatic carboxylic acids is 4. The van der Waals surface area contributed by atoms with Crippen LogP contribution in [0.3, 0.4) is 0 Å². The molecule has 0 unspecified atom stereocenters. The van der Waals surface area contributed by atoms with Crippen LogP contribution in [0.2, 0.25) is 0 Å². The van der Waals surface area contributed by atoms with Gasteiger partial charge in [-0.25, -0.2) is 0 Å². The van der Waals surface area contributed by atoms with Crippen molar-refractivity contribution < 1.29 is 54.0 Å². The summed E-state index contributed by atoms with van der Waals surface area (Å²) in [6.07, 6.45) is -0.718. The van der Waals surface area contributed by atoms with E-state index in [4.69, 9.17) is 0 Å². The minimum atomic E-state index is -1.45. The average molecular weight is 679 g/mol. The summed E-state index contributed by atoms with van der Waals surface area (Å²) in [7, 11) is 0. The zero-order chi connectivity index (χ0) is 36.0. The van der Waals surface area contributed by atoms with Crippen LogP contribution in [0.4, 0.5) is 5.69 Å². The van der Waals surface area contributed by atoms with Crippen molar-refractivity contribution in [2.24, 2.45) is 5.41 Å². The molecule has 0 bridgehead atoms. The number of carboxylic acid groups (broad SMARTS) is 4. The lowest BCUT2D eigenvalue weighted by Gasteiger charge is -2.33. The number of Topliss-reactive ketones (excluding diaryl/α,β-unsaturated/α-hetero) is 1. The standard InChI is InChI=1S/C31H46N6O11/c1-31(2,3)29(47)21-4-6-22(7-5-21)32-30(48)23(16-25(39)40)33-24(38)17-34-8-10-35(18-26(41)42)12-14-37(20-28(45)46)15-13-36(11-9-34)19-27(43)44/h4-7,23H,8-20H2,1-3H3,(H,32,48)(H,33,38)(H,39,40)(H,41,42)(H,43,44)(H,45,46)/t23-/m0/s1. The number of amides is 2. The van der Waals surface area contributed by atoms with Gasteiger partial charge in [0.1, 0.15) is 6.04 Å². The number of carbonyl (C=O) groups is 7. The van der Waals surface area contributed by atoms with E-state index >= 15 is 0 Å². The molecule has 1 aromatic rings. The number of ketones is 1. The Labute approximate surface area is 278 Å². The first-order valence-corrected chi connectivity index (χ1v) is 15.4. The first kappa shape index (κ1) is 39.7. The van der Waals surface area contributed by atoms with Gasteiger partial charge in [0.05, 0.1) is 32.6 Å². The summed E-state index contributed by atoms with van der Waals surface area (Å²) in [4.78, 5) is 91.2. The highest BCUT2D eigenvalue weighted by Gasteiger charge is 2.27. The largest absolute Gasteiger partial charge is 0.481 e. The zero-order valence-electron chi connectivity index (χ0n) is 27.5. The van der Waals surface area contributed by atoms with E-state index in [1.807, 2.05) is 0 Å². The number of carbonyl (C=O) groups excluding carboxylic acids is 3. The number of rotatable bonds is 14. The van der Waals surface area contributed by atoms with Gasteiger partial charge < -0.3 is 31.1 Å². The van der Waals surface area contributed by atoms with Gasteiger partial charge in [-0.1, -0.05) is 20.8 Å². The molecule has 1 heterocycles. The van der Waals surface area contributed by atoms with Gasteiger partial charge in [0, 0.05) is 69.0 Å². The van der Waals surface area contributed by atoms with Crippen molar-refractivity contribution in [3.05, 3.63) is 29.8 Å². The van der Waals surface area contributed by atoms with Gasteiger partial charge in [0.15, 0.2) is 5.78 Å². The second kappa shape index (κ2) is 18.8. The summed E-state index contributed by atoms with van der Waals surface area (Å²) in [5.41, 5.74) is 0.109. The normalized spacial score (nSPS) is 16.9. The Morgan fingerprint density at radius 1 is 0.625 bits per heavy atom. The van der Waals surface area contributed by atoms with E-state index in [9.17, 15) is 54.0 Å². The monoisotopic (exact) mass is 678 g/mol. The molecule has 1 fully saturated rings. The van der Waals surface area contributed by atoms with Crippen LogP contribution in [-0.4, -0.2) is 166 Å². The van der Waals surface area contributed by atoms with Crippen molar-refractivity contribution in [1.82, 2.24) is 24.9 Å². The summed E-state index contributed by atoms with van der Waals surface area (Å²) < 4.78 is 0. The first-order valence-electron chi connectivity index (χ1n) is 15.4. The van der Waals surface area contributed by atoms with E-state index < -0.39 is 53.6 Å². The van der Waals surface area contributed by atoms with E-state index in [2.05, 4.69) is 10.6 Å². The molecule has 17 nitrogen and oxygen atoms in total. The van der Waals surface area contributed by atoms with E-state index in [1.54, 1.807) is 40.4 Å². The van der Waals surface area contributed by atoms with Gasteiger partial charge in [-0.05, 0) is 24.3 Å². The summed E-state index contributed by atoms with van der Waals surface area (Å²) in [5.74, 6) is -6.18. The molecule has 0 aromatic heterocycles. The van der Waals surface area contributed by atoms with Crippen LogP contribution >= 0.6 is 0 Å². The minimum absolute atomic E-state index is 0.101. The fourth-order valence-electron chi connectivity index (χ4n) is 4.98. The number of hydrogen-bond donors (Lipinski definition) is 6. The molecule has 0 radical (unpaired) electrons. The minimum Gasteiger partial charge on any atom is -0.481 e. The van der Waals surface area contributed by atoms with Crippen LogP contribution in [0.5, 0.6) is 0 Å². The Bertz CT molecular complexity index is 1280. The fourth-order valence-corrected chi connectivity index (χ4v) is 4.98. The molecule has 1 atom stereocenters. The summed E-state index contributed by atoms with van der Waals surface area (Å²) in [6, 6.07) is 4.62. The Kier molecular flexibility index (Phi) is 15.5. The average Bonchev–Trinajstić information content (AvgIpc) is 2.96. The van der Waals surface area contributed by atoms with Gasteiger partial charge in [0.2, 0.25) is 11.8 Å². The molecular weight excluding hydrogens is 632 g/mol. The van der Waals surface area contributed by atoms with Gasteiger partial charge in [0.25, 0.3) is 0 Å². The number of benzene rings is 1. The smallest absolute Gasteiger partial charge is 0.317 e. The molecule has 266 valence electrons. The predicted octanol–water partition coefficient (Wildman–Crippen LogP) is -0.711. The molecule has 17 heteroatoms. The maximum absolute atomic E-state index is 13.2. The Morgan fingerprint density at radius 2 is 1.00 bits per heavy atom. The lowest BCUT2D eigenvalue weighted by Crippen LogP contribution is -2.51. The number of nitrogens with zero attached hydrogens (tertiary/aromatic N) is 4. The Morgan fingerprint density at radius 3 is 1.33 bits per heavy atom. The molecule has 0 spiro atoms. The third-order valence-corrected chi connectivity index (χ3v) is 7.50. The third-order valence-electron chi connectivity index (χ3n) is 7.50. The van der Waals surface area contributed by atoms with E-state index in [0.717, 1.165) is 0 Å². The maximum Gasteiger partial charge on any atom is 0.317 e. The van der Waals surface area contributed by atoms with Crippen LogP contribution in [0.1, 0.15) is 37.6 Å². The summed E-state index contributed by atoms with van der Waals surface area (Å²) in [6.45, 7) is 5.54. The van der Waals surface area contributed by atoms with Crippen molar-refractivity contribution >= 4 is 47.2 Å². The molecule has 1 saturated heterocycles. The molecule has 2 amide bonds. The SMILES string of the molecule is CC(C)(C)C(=O)c1ccc(NC(=O)[C@H](CC(=O)O)NC(=O)CN2CCN(CC(=O)O)CCN(CC(=O)O)CCN(CC(=O)O)CC2)cc1. The molecule has 1 aliphatic rings. The molecule has 0 saturated carbocycles. The quantitative estimate of drug-likeness (QED) is 0.133. The fraction of sp³-hybridized carbons (Fsp3) is 0.581. The van der Waals surface area contributed by atoms with Gasteiger partial charge >= 0.3 is 23.9 Å². The molecule has 0 aliphatic carbocycles. The van der Waals surface area contributed by atoms with E-state index in [1.165, 1.54) is 24.3 Å². The Hall–Kier alpha value is -4.45. The molecule has 1 aliphatic heterocycles. The van der Waals surface area contributed by atoms with Gasteiger partial charge in [-0.3, -0.25) is 53.2 Å². The van der Waals surface area contributed by atoms with E-state index in [-0.39, 0.29) is 90.0 Å². The highest BCUT2D eigenvalue weighted by Crippen LogP contribution is 2.22. The molecule has 2 rings (SSSR count). The van der Waals surface area contributed by atoms with E-state index in [0.29, 0.717) is 5.56 Å². The third kappa shape index (κ3) is 15.0. The first-order chi connectivity index (χ1) is 22.4. The molecule has 6 N–H and O–H groups in total. The lowest BCUT2D eigenvalue weighted by atomic mass is 9.86. The summed E-state index contributed by atoms with van der Waals surface area (Å²) in [5, 5.41) is 42.6. The number of anilines is 1. The topological polar surface area (TPSA) is 237 Å². The van der Waals surface area contributed by atoms with Crippen LogP contribution < -0.4 is 10.6 Å². The predicted molar refractivity (Wildman–Crippen MR) is 172 cm³/mol. The second-order valence-electron chi connectivity index (χ2n) is 12.6. The Balaban J connectivity index is 2.17. The van der Waals surface area contributed by atoms with Crippen LogP contribution in [0.25, 0.3) is 0 Å². The molecular formula is C31H46N6O11. The van der Waals surface area contributed by atoms with Crippen molar-refractivity contribution in [1.29, 1.82) is 0 Å². The second-order valence-corrected chi connectivity index (χ2v) is 12.6.